The lowest BCUT2D eigenvalue weighted by atomic mass is 9.87. The largest absolute Gasteiger partial charge is 0.493 e. The van der Waals surface area contributed by atoms with E-state index in [9.17, 15) is 9.59 Å². The first-order valence-corrected chi connectivity index (χ1v) is 15.8. The molecule has 10 nitrogen and oxygen atoms in total. The van der Waals surface area contributed by atoms with Crippen molar-refractivity contribution in [2.45, 2.75) is 25.3 Å². The molecule has 1 atom stereocenters. The van der Waals surface area contributed by atoms with Crippen molar-refractivity contribution < 1.29 is 38.0 Å². The Bertz CT molecular complexity index is 1840. The van der Waals surface area contributed by atoms with Crippen LogP contribution in [0.25, 0.3) is 0 Å². The molecule has 48 heavy (non-hydrogen) atoms. The molecule has 2 aliphatic heterocycles. The SMILES string of the molecule is COc1ccc(C=O)cc1Oc1ccc(CC2c3c(cc(OC)c(OC)c3Oc3cc4c(cc3OC)CCN(C)C4=O)CCN2C)cc1. The smallest absolute Gasteiger partial charge is 0.254 e. The predicted molar refractivity (Wildman–Crippen MR) is 181 cm³/mol. The first-order chi connectivity index (χ1) is 23.3. The highest BCUT2D eigenvalue weighted by Gasteiger charge is 2.34. The Balaban J connectivity index is 1.37. The van der Waals surface area contributed by atoms with Gasteiger partial charge in [0.25, 0.3) is 5.91 Å². The number of fused-ring (bicyclic) bond motifs is 2. The van der Waals surface area contributed by atoms with Crippen molar-refractivity contribution in [1.29, 1.82) is 0 Å². The number of aldehydes is 1. The van der Waals surface area contributed by atoms with Gasteiger partial charge in [-0.05, 0) is 91.5 Å². The molecule has 0 spiro atoms. The third-order valence-corrected chi connectivity index (χ3v) is 9.15. The van der Waals surface area contributed by atoms with Crippen LogP contribution in [0.3, 0.4) is 0 Å². The Labute approximate surface area is 280 Å². The minimum absolute atomic E-state index is 0.0525. The summed E-state index contributed by atoms with van der Waals surface area (Å²) in [5, 5.41) is 0. The Morgan fingerprint density at radius 1 is 0.708 bits per heavy atom. The maximum Gasteiger partial charge on any atom is 0.254 e. The summed E-state index contributed by atoms with van der Waals surface area (Å²) in [5.41, 5.74) is 5.20. The Hall–Kier alpha value is -5.22. The molecule has 1 unspecified atom stereocenters. The minimum Gasteiger partial charge on any atom is -0.493 e. The standard InChI is InChI=1S/C38H40N2O8/c1-39-15-14-26-20-34(45-5)36(46-6)37(48-33-21-28-25(19-31(33)44-4)13-16-40(2)38(28)42)35(26)29(39)17-23-7-10-27(11-8-23)47-32-18-24(22-41)9-12-30(32)43-3/h7-12,18-22,29H,13-17H2,1-6H3. The first kappa shape index (κ1) is 32.7. The molecule has 4 aromatic carbocycles. The molecule has 0 fully saturated rings. The highest BCUT2D eigenvalue weighted by Crippen LogP contribution is 2.51. The maximum absolute atomic E-state index is 13.1. The molecular weight excluding hydrogens is 612 g/mol. The third-order valence-electron chi connectivity index (χ3n) is 9.15. The molecule has 2 heterocycles. The zero-order valence-corrected chi connectivity index (χ0v) is 28.1. The highest BCUT2D eigenvalue weighted by molar-refractivity contribution is 5.97. The lowest BCUT2D eigenvalue weighted by molar-refractivity contribution is 0.0780. The molecule has 0 radical (unpaired) electrons. The number of hydrogen-bond acceptors (Lipinski definition) is 9. The molecule has 0 aromatic heterocycles. The number of nitrogens with zero attached hydrogens (tertiary/aromatic N) is 2. The van der Waals surface area contributed by atoms with Crippen LogP contribution in [0, 0.1) is 0 Å². The highest BCUT2D eigenvalue weighted by atomic mass is 16.5. The van der Waals surface area contributed by atoms with Crippen molar-refractivity contribution in [3.8, 4) is 46.0 Å². The Kier molecular flexibility index (Phi) is 9.45. The molecule has 6 rings (SSSR count). The maximum atomic E-state index is 13.1. The summed E-state index contributed by atoms with van der Waals surface area (Å²) in [5.74, 6) is 4.09. The molecular formula is C38H40N2O8. The van der Waals surface area contributed by atoms with E-state index in [0.29, 0.717) is 70.1 Å². The Morgan fingerprint density at radius 3 is 2.08 bits per heavy atom. The number of rotatable bonds is 11. The van der Waals surface area contributed by atoms with E-state index in [1.54, 1.807) is 64.7 Å². The molecule has 4 aromatic rings. The van der Waals surface area contributed by atoms with Gasteiger partial charge < -0.3 is 33.3 Å². The van der Waals surface area contributed by atoms with E-state index in [0.717, 1.165) is 47.9 Å². The van der Waals surface area contributed by atoms with Crippen molar-refractivity contribution in [1.82, 2.24) is 9.80 Å². The number of methoxy groups -OCH3 is 4. The summed E-state index contributed by atoms with van der Waals surface area (Å²) in [6, 6.07) is 18.6. The van der Waals surface area contributed by atoms with Gasteiger partial charge in [-0.1, -0.05) is 12.1 Å². The van der Waals surface area contributed by atoms with Gasteiger partial charge >= 0.3 is 0 Å². The van der Waals surface area contributed by atoms with E-state index in [1.165, 1.54) is 0 Å². The lowest BCUT2D eigenvalue weighted by Gasteiger charge is -2.37. The van der Waals surface area contributed by atoms with Crippen LogP contribution in [0.4, 0.5) is 0 Å². The van der Waals surface area contributed by atoms with Crippen LogP contribution >= 0.6 is 0 Å². The second kappa shape index (κ2) is 13.9. The second-order valence-electron chi connectivity index (χ2n) is 12.0. The third kappa shape index (κ3) is 6.23. The summed E-state index contributed by atoms with van der Waals surface area (Å²) in [6.07, 6.45) is 2.97. The monoisotopic (exact) mass is 652 g/mol. The molecule has 0 aliphatic carbocycles. The zero-order chi connectivity index (χ0) is 33.9. The summed E-state index contributed by atoms with van der Waals surface area (Å²) in [4.78, 5) is 28.5. The molecule has 250 valence electrons. The zero-order valence-electron chi connectivity index (χ0n) is 28.1. The van der Waals surface area contributed by atoms with Gasteiger partial charge in [0.05, 0.1) is 28.4 Å². The topological polar surface area (TPSA) is 96.0 Å². The number of likely N-dealkylation sites (N-methyl/N-ethyl adjacent to an activating group) is 2. The average Bonchev–Trinajstić information content (AvgIpc) is 3.11. The van der Waals surface area contributed by atoms with Crippen LogP contribution < -0.4 is 28.4 Å². The van der Waals surface area contributed by atoms with Gasteiger partial charge in [-0.2, -0.15) is 0 Å². The van der Waals surface area contributed by atoms with Gasteiger partial charge in [0.15, 0.2) is 34.5 Å². The normalized spacial score (nSPS) is 15.7. The quantitative estimate of drug-likeness (QED) is 0.168. The number of amides is 1. The van der Waals surface area contributed by atoms with Gasteiger partial charge in [0, 0.05) is 42.9 Å². The Morgan fingerprint density at radius 2 is 1.40 bits per heavy atom. The van der Waals surface area contributed by atoms with Crippen molar-refractivity contribution in [2.75, 3.05) is 55.6 Å². The first-order valence-electron chi connectivity index (χ1n) is 15.8. The lowest BCUT2D eigenvalue weighted by Crippen LogP contribution is -2.34. The van der Waals surface area contributed by atoms with Crippen LogP contribution in [0.2, 0.25) is 0 Å². The molecule has 0 saturated heterocycles. The number of benzene rings is 4. The van der Waals surface area contributed by atoms with E-state index in [4.69, 9.17) is 28.4 Å². The van der Waals surface area contributed by atoms with Gasteiger partial charge in [0.2, 0.25) is 5.75 Å². The number of ether oxygens (including phenoxy) is 6. The fourth-order valence-corrected chi connectivity index (χ4v) is 6.47. The van der Waals surface area contributed by atoms with E-state index in [2.05, 4.69) is 11.9 Å². The number of carbonyl (C=O) groups excluding carboxylic acids is 2. The van der Waals surface area contributed by atoms with Crippen LogP contribution in [-0.2, 0) is 19.3 Å². The van der Waals surface area contributed by atoms with Crippen LogP contribution in [0.1, 0.15) is 49.0 Å². The van der Waals surface area contributed by atoms with Crippen molar-refractivity contribution in [2.24, 2.45) is 0 Å². The van der Waals surface area contributed by atoms with Gasteiger partial charge in [0.1, 0.15) is 12.0 Å². The summed E-state index contributed by atoms with van der Waals surface area (Å²) >= 11 is 0. The fourth-order valence-electron chi connectivity index (χ4n) is 6.47. The molecule has 1 amide bonds. The van der Waals surface area contributed by atoms with Crippen molar-refractivity contribution >= 4 is 12.2 Å². The predicted octanol–water partition coefficient (Wildman–Crippen LogP) is 6.52. The molecule has 2 aliphatic rings. The summed E-state index contributed by atoms with van der Waals surface area (Å²) in [7, 11) is 10.3. The van der Waals surface area contributed by atoms with Crippen LogP contribution in [0.15, 0.2) is 60.7 Å². The molecule has 0 N–H and O–H groups in total. The molecule has 0 bridgehead atoms. The van der Waals surface area contributed by atoms with Crippen LogP contribution in [0.5, 0.6) is 46.0 Å². The van der Waals surface area contributed by atoms with E-state index in [1.807, 2.05) is 36.4 Å². The van der Waals surface area contributed by atoms with Gasteiger partial charge in [-0.3, -0.25) is 14.5 Å². The van der Waals surface area contributed by atoms with E-state index in [-0.39, 0.29) is 11.9 Å². The molecule has 10 heteroatoms. The molecule has 0 saturated carbocycles. The average molecular weight is 653 g/mol. The van der Waals surface area contributed by atoms with Crippen LogP contribution in [-0.4, -0.2) is 77.6 Å². The summed E-state index contributed by atoms with van der Waals surface area (Å²) in [6.45, 7) is 1.48. The number of carbonyl (C=O) groups is 2. The second-order valence-corrected chi connectivity index (χ2v) is 12.0. The fraction of sp³-hybridized carbons (Fsp3) is 0.316. The number of hydrogen-bond donors (Lipinski definition) is 0. The van der Waals surface area contributed by atoms with E-state index >= 15 is 0 Å². The van der Waals surface area contributed by atoms with Gasteiger partial charge in [-0.15, -0.1) is 0 Å². The van der Waals surface area contributed by atoms with E-state index < -0.39 is 0 Å². The van der Waals surface area contributed by atoms with Crippen molar-refractivity contribution in [3.05, 3.63) is 94.0 Å². The van der Waals surface area contributed by atoms with Gasteiger partial charge in [-0.25, -0.2) is 0 Å². The minimum atomic E-state index is -0.0731. The van der Waals surface area contributed by atoms with Crippen molar-refractivity contribution in [3.63, 3.8) is 0 Å². The summed E-state index contributed by atoms with van der Waals surface area (Å²) < 4.78 is 35.8.